The number of nitrogens with two attached hydrogens (primary N) is 1. The molecule has 1 unspecified atom stereocenters. The highest BCUT2D eigenvalue weighted by molar-refractivity contribution is 5.51. The fraction of sp³-hybridized carbons (Fsp3) is 0.333. The van der Waals surface area contributed by atoms with Gasteiger partial charge in [-0.2, -0.15) is 0 Å². The molecule has 0 aliphatic heterocycles. The van der Waals surface area contributed by atoms with Crippen molar-refractivity contribution >= 4 is 5.69 Å². The van der Waals surface area contributed by atoms with Gasteiger partial charge in [-0.25, -0.2) is 0 Å². The quantitative estimate of drug-likeness (QED) is 0.843. The van der Waals surface area contributed by atoms with E-state index in [1.807, 2.05) is 24.3 Å². The van der Waals surface area contributed by atoms with E-state index in [1.54, 1.807) is 12.1 Å². The molecule has 2 rings (SSSR count). The van der Waals surface area contributed by atoms with Crippen molar-refractivity contribution in [3.8, 4) is 5.75 Å². The highest BCUT2D eigenvalue weighted by Crippen LogP contribution is 2.25. The number of nitrogen functional groups attached to an aromatic ring is 1. The number of para-hydroxylation sites is 2. The van der Waals surface area contributed by atoms with Gasteiger partial charge in [-0.05, 0) is 28.7 Å². The SMILES string of the molecule is CC(C)(C)c1ccc(C(O)COc2ccccc2N)cc1. The van der Waals surface area contributed by atoms with Crippen LogP contribution < -0.4 is 10.5 Å². The van der Waals surface area contributed by atoms with Crippen LogP contribution in [0.3, 0.4) is 0 Å². The van der Waals surface area contributed by atoms with Crippen LogP contribution in [-0.2, 0) is 5.41 Å². The molecule has 0 amide bonds. The fourth-order valence-corrected chi connectivity index (χ4v) is 2.08. The summed E-state index contributed by atoms with van der Waals surface area (Å²) in [5.41, 5.74) is 8.58. The Labute approximate surface area is 126 Å². The van der Waals surface area contributed by atoms with E-state index >= 15 is 0 Å². The highest BCUT2D eigenvalue weighted by Gasteiger charge is 2.15. The first-order valence-corrected chi connectivity index (χ1v) is 7.14. The summed E-state index contributed by atoms with van der Waals surface area (Å²) < 4.78 is 5.58. The van der Waals surface area contributed by atoms with E-state index in [0.717, 1.165) is 5.56 Å². The van der Waals surface area contributed by atoms with Crippen molar-refractivity contribution < 1.29 is 9.84 Å². The van der Waals surface area contributed by atoms with E-state index in [4.69, 9.17) is 10.5 Å². The third-order valence-corrected chi connectivity index (χ3v) is 3.48. The molecule has 21 heavy (non-hydrogen) atoms. The lowest BCUT2D eigenvalue weighted by molar-refractivity contribution is 0.108. The Bertz CT molecular complexity index is 585. The van der Waals surface area contributed by atoms with E-state index in [0.29, 0.717) is 11.4 Å². The lowest BCUT2D eigenvalue weighted by Gasteiger charge is -2.20. The minimum Gasteiger partial charge on any atom is -0.488 e. The molecule has 0 bridgehead atoms. The van der Waals surface area contributed by atoms with E-state index in [-0.39, 0.29) is 12.0 Å². The Morgan fingerprint density at radius 2 is 1.67 bits per heavy atom. The van der Waals surface area contributed by atoms with E-state index in [1.165, 1.54) is 5.56 Å². The number of rotatable bonds is 4. The van der Waals surface area contributed by atoms with Gasteiger partial charge in [0, 0.05) is 0 Å². The van der Waals surface area contributed by atoms with Gasteiger partial charge in [0.2, 0.25) is 0 Å². The van der Waals surface area contributed by atoms with Crippen LogP contribution in [0.5, 0.6) is 5.75 Å². The summed E-state index contributed by atoms with van der Waals surface area (Å²) in [4.78, 5) is 0. The number of aliphatic hydroxyl groups is 1. The van der Waals surface area contributed by atoms with Crippen LogP contribution in [-0.4, -0.2) is 11.7 Å². The van der Waals surface area contributed by atoms with Crippen molar-refractivity contribution in [2.24, 2.45) is 0 Å². The second-order valence-electron chi connectivity index (χ2n) is 6.24. The standard InChI is InChI=1S/C18H23NO2/c1-18(2,3)14-10-8-13(9-11-14)16(20)12-21-17-7-5-4-6-15(17)19/h4-11,16,20H,12,19H2,1-3H3. The van der Waals surface area contributed by atoms with Gasteiger partial charge in [0.15, 0.2) is 0 Å². The summed E-state index contributed by atoms with van der Waals surface area (Å²) in [6.07, 6.45) is -0.668. The summed E-state index contributed by atoms with van der Waals surface area (Å²) in [6, 6.07) is 15.3. The van der Waals surface area contributed by atoms with Crippen LogP contribution in [0.4, 0.5) is 5.69 Å². The fourth-order valence-electron chi connectivity index (χ4n) is 2.08. The number of benzene rings is 2. The van der Waals surface area contributed by atoms with Crippen molar-refractivity contribution in [1.29, 1.82) is 0 Å². The molecule has 0 radical (unpaired) electrons. The van der Waals surface area contributed by atoms with Crippen molar-refractivity contribution in [2.75, 3.05) is 12.3 Å². The van der Waals surface area contributed by atoms with E-state index in [9.17, 15) is 5.11 Å². The minimum absolute atomic E-state index is 0.110. The van der Waals surface area contributed by atoms with Gasteiger partial charge in [0.25, 0.3) is 0 Å². The van der Waals surface area contributed by atoms with Crippen molar-refractivity contribution in [3.63, 3.8) is 0 Å². The average Bonchev–Trinajstić information content (AvgIpc) is 2.45. The maximum Gasteiger partial charge on any atom is 0.142 e. The van der Waals surface area contributed by atoms with Gasteiger partial charge < -0.3 is 15.6 Å². The maximum atomic E-state index is 10.2. The lowest BCUT2D eigenvalue weighted by atomic mass is 9.86. The van der Waals surface area contributed by atoms with Crippen LogP contribution >= 0.6 is 0 Å². The normalized spacial score (nSPS) is 13.0. The Morgan fingerprint density at radius 3 is 2.24 bits per heavy atom. The topological polar surface area (TPSA) is 55.5 Å². The Morgan fingerprint density at radius 1 is 1.05 bits per heavy atom. The number of hydrogen-bond donors (Lipinski definition) is 2. The van der Waals surface area contributed by atoms with Crippen LogP contribution in [0.25, 0.3) is 0 Å². The molecule has 3 N–H and O–H groups in total. The van der Waals surface area contributed by atoms with Gasteiger partial charge in [0.1, 0.15) is 18.5 Å². The molecule has 0 fully saturated rings. The Balaban J connectivity index is 2.01. The molecule has 1 atom stereocenters. The zero-order valence-corrected chi connectivity index (χ0v) is 12.8. The van der Waals surface area contributed by atoms with Crippen LogP contribution in [0, 0.1) is 0 Å². The lowest BCUT2D eigenvalue weighted by Crippen LogP contribution is -2.13. The third-order valence-electron chi connectivity index (χ3n) is 3.48. The van der Waals surface area contributed by atoms with Gasteiger partial charge in [0.05, 0.1) is 5.69 Å². The molecular weight excluding hydrogens is 262 g/mol. The van der Waals surface area contributed by atoms with Crippen LogP contribution in [0.1, 0.15) is 38.0 Å². The number of aliphatic hydroxyl groups excluding tert-OH is 1. The Hall–Kier alpha value is -2.00. The number of anilines is 1. The second-order valence-corrected chi connectivity index (χ2v) is 6.24. The first kappa shape index (κ1) is 15.4. The number of ether oxygens (including phenoxy) is 1. The molecule has 2 aromatic rings. The molecule has 0 aliphatic carbocycles. The molecule has 0 saturated heterocycles. The molecular formula is C18H23NO2. The molecule has 0 saturated carbocycles. The minimum atomic E-state index is -0.668. The summed E-state index contributed by atoms with van der Waals surface area (Å²) in [7, 11) is 0. The van der Waals surface area contributed by atoms with Crippen LogP contribution in [0.15, 0.2) is 48.5 Å². The van der Waals surface area contributed by atoms with Crippen molar-refractivity contribution in [3.05, 3.63) is 59.7 Å². The molecule has 0 aromatic heterocycles. The maximum absolute atomic E-state index is 10.2. The molecule has 0 aliphatic rings. The first-order chi connectivity index (χ1) is 9.88. The molecule has 3 heteroatoms. The van der Waals surface area contributed by atoms with E-state index < -0.39 is 6.10 Å². The highest BCUT2D eigenvalue weighted by atomic mass is 16.5. The third kappa shape index (κ3) is 3.99. The smallest absolute Gasteiger partial charge is 0.142 e. The van der Waals surface area contributed by atoms with Gasteiger partial charge in [-0.15, -0.1) is 0 Å². The monoisotopic (exact) mass is 285 g/mol. The van der Waals surface area contributed by atoms with Gasteiger partial charge >= 0.3 is 0 Å². The molecule has 112 valence electrons. The van der Waals surface area contributed by atoms with Crippen molar-refractivity contribution in [1.82, 2.24) is 0 Å². The van der Waals surface area contributed by atoms with Crippen LogP contribution in [0.2, 0.25) is 0 Å². The van der Waals surface area contributed by atoms with Gasteiger partial charge in [-0.3, -0.25) is 0 Å². The molecule has 0 spiro atoms. The second kappa shape index (κ2) is 6.19. The Kier molecular flexibility index (Phi) is 4.53. The predicted molar refractivity (Wildman–Crippen MR) is 86.5 cm³/mol. The first-order valence-electron chi connectivity index (χ1n) is 7.14. The summed E-state index contributed by atoms with van der Waals surface area (Å²) in [5, 5.41) is 10.2. The zero-order chi connectivity index (χ0) is 15.5. The van der Waals surface area contributed by atoms with E-state index in [2.05, 4.69) is 32.9 Å². The zero-order valence-electron chi connectivity index (χ0n) is 12.8. The molecule has 0 heterocycles. The molecule has 2 aromatic carbocycles. The van der Waals surface area contributed by atoms with Crippen molar-refractivity contribution in [2.45, 2.75) is 32.3 Å². The summed E-state index contributed by atoms with van der Waals surface area (Å²) in [5.74, 6) is 0.600. The predicted octanol–water partition coefficient (Wildman–Crippen LogP) is 3.68. The largest absolute Gasteiger partial charge is 0.488 e. The average molecular weight is 285 g/mol. The number of hydrogen-bond acceptors (Lipinski definition) is 3. The molecule has 3 nitrogen and oxygen atoms in total. The van der Waals surface area contributed by atoms with Gasteiger partial charge in [-0.1, -0.05) is 57.2 Å². The summed E-state index contributed by atoms with van der Waals surface area (Å²) >= 11 is 0. The summed E-state index contributed by atoms with van der Waals surface area (Å²) in [6.45, 7) is 6.68.